The van der Waals surface area contributed by atoms with E-state index in [1.807, 2.05) is 34.9 Å². The van der Waals surface area contributed by atoms with Crippen LogP contribution in [0.5, 0.6) is 0 Å². The van der Waals surface area contributed by atoms with E-state index in [9.17, 15) is 9.59 Å². The minimum atomic E-state index is -0.685. The highest BCUT2D eigenvalue weighted by molar-refractivity contribution is 5.93. The first-order valence-corrected chi connectivity index (χ1v) is 11.1. The highest BCUT2D eigenvalue weighted by Crippen LogP contribution is 2.41. The van der Waals surface area contributed by atoms with Crippen molar-refractivity contribution in [2.24, 2.45) is 0 Å². The number of hydrogen-bond donors (Lipinski definition) is 0. The van der Waals surface area contributed by atoms with Crippen LogP contribution in [0.1, 0.15) is 66.2 Å². The topological polar surface area (TPSA) is 70.4 Å². The number of carbonyl (C=O) groups is 1. The van der Waals surface area contributed by atoms with Crippen LogP contribution in [-0.2, 0) is 16.1 Å². The maximum Gasteiger partial charge on any atom is 0.343 e. The van der Waals surface area contributed by atoms with Crippen LogP contribution in [0.3, 0.4) is 0 Å². The van der Waals surface area contributed by atoms with Gasteiger partial charge in [-0.15, -0.1) is 0 Å². The Balaban J connectivity index is 1.40. The molecule has 5 rings (SSSR count). The van der Waals surface area contributed by atoms with Crippen molar-refractivity contribution in [2.45, 2.75) is 57.3 Å². The van der Waals surface area contributed by atoms with Crippen LogP contribution in [0.15, 0.2) is 47.4 Å². The molecule has 0 unspecified atom stereocenters. The zero-order valence-electron chi connectivity index (χ0n) is 17.9. The highest BCUT2D eigenvalue weighted by atomic mass is 19.1. The fourth-order valence-electron chi connectivity index (χ4n) is 4.25. The maximum absolute atomic E-state index is 15.0. The quantitative estimate of drug-likeness (QED) is 0.510. The van der Waals surface area contributed by atoms with Crippen molar-refractivity contribution in [3.8, 4) is 0 Å². The predicted molar refractivity (Wildman–Crippen MR) is 117 cm³/mol. The number of fused-ring (bicyclic) bond motifs is 1. The van der Waals surface area contributed by atoms with E-state index < -0.39 is 17.2 Å². The number of esters is 1. The van der Waals surface area contributed by atoms with Crippen molar-refractivity contribution >= 4 is 17.0 Å². The van der Waals surface area contributed by atoms with Gasteiger partial charge in [0.1, 0.15) is 17.0 Å². The van der Waals surface area contributed by atoms with Gasteiger partial charge in [-0.05, 0) is 44.2 Å². The molecule has 0 radical (unpaired) electrons. The molecular weight excluding hydrogens is 411 g/mol. The van der Waals surface area contributed by atoms with Crippen LogP contribution in [0.25, 0.3) is 11.0 Å². The minimum absolute atomic E-state index is 0.0485. The fraction of sp³-hybridized carbons (Fsp3) is 0.400. The largest absolute Gasteiger partial charge is 0.462 e. The second-order valence-electron chi connectivity index (χ2n) is 8.54. The highest BCUT2D eigenvalue weighted by Gasteiger charge is 2.35. The molecule has 2 aliphatic rings. The Morgan fingerprint density at radius 3 is 2.66 bits per heavy atom. The van der Waals surface area contributed by atoms with E-state index in [2.05, 4.69) is 4.98 Å². The molecule has 0 atom stereocenters. The van der Waals surface area contributed by atoms with Crippen LogP contribution >= 0.6 is 0 Å². The monoisotopic (exact) mass is 436 g/mol. The molecule has 0 amide bonds. The van der Waals surface area contributed by atoms with E-state index in [0.29, 0.717) is 30.8 Å². The van der Waals surface area contributed by atoms with Gasteiger partial charge in [0.25, 0.3) is 0 Å². The van der Waals surface area contributed by atoms with E-state index in [4.69, 9.17) is 9.47 Å². The van der Waals surface area contributed by atoms with Crippen molar-refractivity contribution in [1.82, 2.24) is 9.55 Å². The first kappa shape index (κ1) is 20.8. The lowest BCUT2D eigenvalue weighted by Crippen LogP contribution is -2.31. The summed E-state index contributed by atoms with van der Waals surface area (Å²) in [6.45, 7) is 2.38. The Kier molecular flexibility index (Phi) is 5.51. The molecule has 2 aromatic heterocycles. The standard InChI is InChI=1S/C25H25FN2O4/c1-2-31-25(30)20-13-28(17-8-9-17)24-19(23(20)29)12-21(26)22(27-24)16-10-18(11-16)32-14-15-6-4-3-5-7-15/h3-7,12-13,16-18H,2,8-11,14H2,1H3. The zero-order chi connectivity index (χ0) is 22.2. The van der Waals surface area contributed by atoms with Crippen LogP contribution in [-0.4, -0.2) is 28.2 Å². The first-order chi connectivity index (χ1) is 15.5. The molecule has 2 heterocycles. The lowest BCUT2D eigenvalue weighted by molar-refractivity contribution is -0.0220. The molecule has 0 spiro atoms. The Morgan fingerprint density at radius 2 is 1.97 bits per heavy atom. The second kappa shape index (κ2) is 8.47. The van der Waals surface area contributed by atoms with E-state index in [1.165, 1.54) is 12.3 Å². The number of hydrogen-bond acceptors (Lipinski definition) is 5. The summed E-state index contributed by atoms with van der Waals surface area (Å²) >= 11 is 0. The van der Waals surface area contributed by atoms with Gasteiger partial charge < -0.3 is 14.0 Å². The van der Waals surface area contributed by atoms with Gasteiger partial charge >= 0.3 is 5.97 Å². The van der Waals surface area contributed by atoms with Gasteiger partial charge in [0.15, 0.2) is 0 Å². The second-order valence-corrected chi connectivity index (χ2v) is 8.54. The van der Waals surface area contributed by atoms with Crippen LogP contribution in [0, 0.1) is 5.82 Å². The van der Waals surface area contributed by atoms with E-state index in [-0.39, 0.29) is 35.6 Å². The molecule has 0 bridgehead atoms. The molecule has 3 aromatic rings. The number of benzene rings is 1. The lowest BCUT2D eigenvalue weighted by atomic mass is 9.79. The molecule has 1 aromatic carbocycles. The fourth-order valence-corrected chi connectivity index (χ4v) is 4.25. The van der Waals surface area contributed by atoms with E-state index in [0.717, 1.165) is 18.4 Å². The number of nitrogens with zero attached hydrogens (tertiary/aromatic N) is 2. The normalized spacial score (nSPS) is 20.2. The van der Waals surface area contributed by atoms with Gasteiger partial charge in [-0.25, -0.2) is 14.2 Å². The molecule has 0 saturated heterocycles. The molecular formula is C25H25FN2O4. The summed E-state index contributed by atoms with van der Waals surface area (Å²) in [4.78, 5) is 29.7. The van der Waals surface area contributed by atoms with Crippen molar-refractivity contribution in [3.05, 3.63) is 75.5 Å². The van der Waals surface area contributed by atoms with Gasteiger partial charge in [0.2, 0.25) is 5.43 Å². The summed E-state index contributed by atoms with van der Waals surface area (Å²) in [7, 11) is 0. The molecule has 6 nitrogen and oxygen atoms in total. The number of carbonyl (C=O) groups excluding carboxylic acids is 1. The van der Waals surface area contributed by atoms with Crippen LogP contribution in [0.4, 0.5) is 4.39 Å². The third-order valence-electron chi connectivity index (χ3n) is 6.23. The Labute approximate surface area is 185 Å². The average molecular weight is 436 g/mol. The van der Waals surface area contributed by atoms with E-state index in [1.54, 1.807) is 6.92 Å². The van der Waals surface area contributed by atoms with Crippen molar-refractivity contribution in [3.63, 3.8) is 0 Å². The summed E-state index contributed by atoms with van der Waals surface area (Å²) in [6.07, 6.45) is 4.85. The summed E-state index contributed by atoms with van der Waals surface area (Å²) in [5.41, 5.74) is 1.31. The summed E-state index contributed by atoms with van der Waals surface area (Å²) in [6, 6.07) is 11.4. The Morgan fingerprint density at radius 1 is 1.22 bits per heavy atom. The number of aromatic nitrogens is 2. The van der Waals surface area contributed by atoms with Crippen molar-refractivity contribution in [2.75, 3.05) is 6.61 Å². The molecule has 2 fully saturated rings. The van der Waals surface area contributed by atoms with Gasteiger partial charge in [-0.1, -0.05) is 30.3 Å². The lowest BCUT2D eigenvalue weighted by Gasteiger charge is -2.35. The average Bonchev–Trinajstić information content (AvgIpc) is 3.60. The Bertz CT molecular complexity index is 1210. The molecule has 7 heteroatoms. The molecule has 166 valence electrons. The van der Waals surface area contributed by atoms with E-state index >= 15 is 4.39 Å². The molecule has 0 aliphatic heterocycles. The van der Waals surface area contributed by atoms with Gasteiger partial charge in [-0.2, -0.15) is 0 Å². The predicted octanol–water partition coefficient (Wildman–Crippen LogP) is 4.51. The molecule has 32 heavy (non-hydrogen) atoms. The maximum atomic E-state index is 15.0. The van der Waals surface area contributed by atoms with Gasteiger partial charge in [0.05, 0.1) is 30.4 Å². The van der Waals surface area contributed by atoms with Crippen LogP contribution in [0.2, 0.25) is 0 Å². The van der Waals surface area contributed by atoms with Crippen molar-refractivity contribution in [1.29, 1.82) is 0 Å². The Hall–Kier alpha value is -3.06. The molecule has 2 aliphatic carbocycles. The summed E-state index contributed by atoms with van der Waals surface area (Å²) < 4.78 is 27.8. The summed E-state index contributed by atoms with van der Waals surface area (Å²) in [5, 5.41) is 0.125. The van der Waals surface area contributed by atoms with Gasteiger partial charge in [-0.3, -0.25) is 4.79 Å². The first-order valence-electron chi connectivity index (χ1n) is 11.1. The zero-order valence-corrected chi connectivity index (χ0v) is 17.9. The molecule has 0 N–H and O–H groups in total. The SMILES string of the molecule is CCOC(=O)c1cn(C2CC2)c2nc(C3CC(OCc4ccccc4)C3)c(F)cc2c1=O. The number of halogens is 1. The third kappa shape index (κ3) is 3.93. The van der Waals surface area contributed by atoms with Crippen molar-refractivity contribution < 1.29 is 18.7 Å². The third-order valence-corrected chi connectivity index (χ3v) is 6.23. The number of pyridine rings is 2. The summed E-state index contributed by atoms with van der Waals surface area (Å²) in [5.74, 6) is -1.24. The number of ether oxygens (including phenoxy) is 2. The smallest absolute Gasteiger partial charge is 0.343 e. The minimum Gasteiger partial charge on any atom is -0.462 e. The number of rotatable bonds is 7. The molecule has 2 saturated carbocycles. The van der Waals surface area contributed by atoms with Gasteiger partial charge in [0, 0.05) is 18.2 Å². The van der Waals surface area contributed by atoms with Crippen LogP contribution < -0.4 is 5.43 Å².